The third-order valence-electron chi connectivity index (χ3n) is 4.74. The second-order valence-electron chi connectivity index (χ2n) is 6.85. The number of nitrogens with one attached hydrogen (secondary N) is 2. The number of carbonyl (C=O) groups is 2. The first-order valence-corrected chi connectivity index (χ1v) is 10.4. The first kappa shape index (κ1) is 19.3. The lowest BCUT2D eigenvalue weighted by molar-refractivity contribution is 0.0953. The van der Waals surface area contributed by atoms with E-state index in [-0.39, 0.29) is 11.8 Å². The zero-order valence-electron chi connectivity index (χ0n) is 16.0. The molecule has 3 aromatic heterocycles. The highest BCUT2D eigenvalue weighted by Crippen LogP contribution is 2.38. The molecule has 0 unspecified atom stereocenters. The number of hydrogen-bond acceptors (Lipinski definition) is 7. The molecule has 0 aliphatic heterocycles. The number of hydrogen-bond donors (Lipinski definition) is 2. The van der Waals surface area contributed by atoms with E-state index in [4.69, 9.17) is 4.52 Å². The van der Waals surface area contributed by atoms with Crippen LogP contribution in [0.5, 0.6) is 0 Å². The molecule has 3 aromatic rings. The fourth-order valence-electron chi connectivity index (χ4n) is 3.38. The Morgan fingerprint density at radius 1 is 1.24 bits per heavy atom. The molecule has 2 N–H and O–H groups in total. The van der Waals surface area contributed by atoms with Crippen LogP contribution in [0.1, 0.15) is 55.7 Å². The molecule has 0 saturated carbocycles. The molecule has 4 rings (SSSR count). The summed E-state index contributed by atoms with van der Waals surface area (Å²) in [5.74, 6) is 0.591. The predicted octanol–water partition coefficient (Wildman–Crippen LogP) is 2.94. The van der Waals surface area contributed by atoms with Crippen molar-refractivity contribution in [3.63, 3.8) is 0 Å². The third-order valence-corrected chi connectivity index (χ3v) is 5.95. The standard InChI is InChI=1S/C20H21N5O3S/c1-12-23-16(28-25-12)8-10-22-19(27)17-14-6-2-3-7-15(14)29-20(17)24-18(26)13-5-4-9-21-11-13/h4-5,9,11H,2-3,6-8,10H2,1H3,(H,22,27)(H,24,26). The van der Waals surface area contributed by atoms with Gasteiger partial charge in [0.1, 0.15) is 5.00 Å². The highest BCUT2D eigenvalue weighted by atomic mass is 32.1. The van der Waals surface area contributed by atoms with E-state index in [1.54, 1.807) is 25.3 Å². The van der Waals surface area contributed by atoms with Crippen LogP contribution in [0, 0.1) is 6.92 Å². The Balaban J connectivity index is 1.52. The summed E-state index contributed by atoms with van der Waals surface area (Å²) < 4.78 is 5.08. The summed E-state index contributed by atoms with van der Waals surface area (Å²) >= 11 is 1.49. The van der Waals surface area contributed by atoms with Crippen molar-refractivity contribution in [1.82, 2.24) is 20.4 Å². The minimum Gasteiger partial charge on any atom is -0.351 e. The molecule has 0 saturated heterocycles. The first-order chi connectivity index (χ1) is 14.1. The number of aromatic nitrogens is 3. The minimum absolute atomic E-state index is 0.192. The van der Waals surface area contributed by atoms with Crippen molar-refractivity contribution in [1.29, 1.82) is 0 Å². The Labute approximate surface area is 171 Å². The lowest BCUT2D eigenvalue weighted by Crippen LogP contribution is -2.28. The van der Waals surface area contributed by atoms with Crippen LogP contribution in [-0.4, -0.2) is 33.5 Å². The monoisotopic (exact) mass is 411 g/mol. The Kier molecular flexibility index (Phi) is 5.66. The molecule has 9 heteroatoms. The average Bonchev–Trinajstić information content (AvgIpc) is 3.31. The number of rotatable bonds is 6. The van der Waals surface area contributed by atoms with Gasteiger partial charge in [-0.3, -0.25) is 14.6 Å². The van der Waals surface area contributed by atoms with E-state index in [1.165, 1.54) is 22.4 Å². The molecule has 0 radical (unpaired) electrons. The third kappa shape index (κ3) is 4.34. The highest BCUT2D eigenvalue weighted by molar-refractivity contribution is 7.17. The molecule has 0 atom stereocenters. The van der Waals surface area contributed by atoms with Crippen LogP contribution < -0.4 is 10.6 Å². The van der Waals surface area contributed by atoms with E-state index in [2.05, 4.69) is 25.8 Å². The largest absolute Gasteiger partial charge is 0.351 e. The zero-order valence-corrected chi connectivity index (χ0v) is 16.8. The van der Waals surface area contributed by atoms with Crippen molar-refractivity contribution in [2.45, 2.75) is 39.0 Å². The van der Waals surface area contributed by atoms with Crippen molar-refractivity contribution in [3.05, 3.63) is 57.8 Å². The van der Waals surface area contributed by atoms with Gasteiger partial charge in [0.2, 0.25) is 5.89 Å². The van der Waals surface area contributed by atoms with Gasteiger partial charge in [-0.05, 0) is 50.3 Å². The Hall–Kier alpha value is -3.07. The number of aryl methyl sites for hydroxylation is 2. The molecule has 2 amide bonds. The van der Waals surface area contributed by atoms with Gasteiger partial charge in [0.15, 0.2) is 5.82 Å². The number of thiophene rings is 1. The van der Waals surface area contributed by atoms with E-state index < -0.39 is 0 Å². The van der Waals surface area contributed by atoms with E-state index in [0.717, 1.165) is 31.2 Å². The maximum atomic E-state index is 13.0. The molecular formula is C20H21N5O3S. The Morgan fingerprint density at radius 2 is 2.10 bits per heavy atom. The lowest BCUT2D eigenvalue weighted by atomic mass is 9.95. The number of amides is 2. The Bertz CT molecular complexity index is 1030. The van der Waals surface area contributed by atoms with Crippen molar-refractivity contribution in [2.24, 2.45) is 0 Å². The van der Waals surface area contributed by atoms with Gasteiger partial charge in [-0.1, -0.05) is 5.16 Å². The summed E-state index contributed by atoms with van der Waals surface area (Å²) in [6.45, 7) is 2.13. The predicted molar refractivity (Wildman–Crippen MR) is 108 cm³/mol. The summed E-state index contributed by atoms with van der Waals surface area (Å²) in [6.07, 6.45) is 7.50. The van der Waals surface area contributed by atoms with Gasteiger partial charge in [0.05, 0.1) is 11.1 Å². The van der Waals surface area contributed by atoms with Gasteiger partial charge in [-0.25, -0.2) is 0 Å². The Morgan fingerprint density at radius 3 is 2.86 bits per heavy atom. The van der Waals surface area contributed by atoms with E-state index in [1.807, 2.05) is 0 Å². The second-order valence-corrected chi connectivity index (χ2v) is 7.96. The molecular weight excluding hydrogens is 390 g/mol. The summed E-state index contributed by atoms with van der Waals surface area (Å²) in [4.78, 5) is 34.9. The highest BCUT2D eigenvalue weighted by Gasteiger charge is 2.26. The number of nitrogens with zero attached hydrogens (tertiary/aromatic N) is 3. The van der Waals surface area contributed by atoms with Crippen LogP contribution >= 0.6 is 11.3 Å². The number of anilines is 1. The summed E-state index contributed by atoms with van der Waals surface area (Å²) in [5, 5.41) is 10.2. The average molecular weight is 411 g/mol. The molecule has 3 heterocycles. The molecule has 150 valence electrons. The zero-order chi connectivity index (χ0) is 20.2. The summed E-state index contributed by atoms with van der Waals surface area (Å²) in [5.41, 5.74) is 2.08. The van der Waals surface area contributed by atoms with E-state index in [9.17, 15) is 9.59 Å². The van der Waals surface area contributed by atoms with Crippen molar-refractivity contribution in [2.75, 3.05) is 11.9 Å². The topological polar surface area (TPSA) is 110 Å². The molecule has 29 heavy (non-hydrogen) atoms. The quantitative estimate of drug-likeness (QED) is 0.645. The maximum Gasteiger partial charge on any atom is 0.257 e. The van der Waals surface area contributed by atoms with Crippen LogP contribution in [0.25, 0.3) is 0 Å². The fraction of sp³-hybridized carbons (Fsp3) is 0.350. The normalized spacial score (nSPS) is 13.0. The molecule has 1 aliphatic rings. The minimum atomic E-state index is -0.271. The van der Waals surface area contributed by atoms with Gasteiger partial charge < -0.3 is 15.2 Å². The molecule has 8 nitrogen and oxygen atoms in total. The number of fused-ring (bicyclic) bond motifs is 1. The van der Waals surface area contributed by atoms with Crippen LogP contribution in [0.4, 0.5) is 5.00 Å². The van der Waals surface area contributed by atoms with Gasteiger partial charge in [0.25, 0.3) is 11.8 Å². The molecule has 0 spiro atoms. The SMILES string of the molecule is Cc1noc(CCNC(=O)c2c(NC(=O)c3cccnc3)sc3c2CCCC3)n1. The summed E-state index contributed by atoms with van der Waals surface area (Å²) in [7, 11) is 0. The van der Waals surface area contributed by atoms with Crippen LogP contribution in [0.15, 0.2) is 29.0 Å². The van der Waals surface area contributed by atoms with Crippen LogP contribution in [-0.2, 0) is 19.3 Å². The van der Waals surface area contributed by atoms with E-state index >= 15 is 0 Å². The van der Waals surface area contributed by atoms with E-state index in [0.29, 0.717) is 40.8 Å². The number of pyridine rings is 1. The molecule has 0 aromatic carbocycles. The maximum absolute atomic E-state index is 13.0. The fourth-order valence-corrected chi connectivity index (χ4v) is 4.66. The first-order valence-electron chi connectivity index (χ1n) is 9.55. The van der Waals surface area contributed by atoms with Crippen molar-refractivity contribution in [3.8, 4) is 0 Å². The van der Waals surface area contributed by atoms with Crippen LogP contribution in [0.3, 0.4) is 0 Å². The smallest absolute Gasteiger partial charge is 0.257 e. The molecule has 1 aliphatic carbocycles. The van der Waals surface area contributed by atoms with Gasteiger partial charge in [-0.2, -0.15) is 4.98 Å². The van der Waals surface area contributed by atoms with Crippen LogP contribution in [0.2, 0.25) is 0 Å². The second kappa shape index (κ2) is 8.52. The van der Waals surface area contributed by atoms with Gasteiger partial charge >= 0.3 is 0 Å². The molecule has 0 fully saturated rings. The lowest BCUT2D eigenvalue weighted by Gasteiger charge is -2.13. The van der Waals surface area contributed by atoms with Crippen molar-refractivity contribution < 1.29 is 14.1 Å². The van der Waals surface area contributed by atoms with Gasteiger partial charge in [0, 0.05) is 30.2 Å². The van der Waals surface area contributed by atoms with Gasteiger partial charge in [-0.15, -0.1) is 11.3 Å². The van der Waals surface area contributed by atoms with Crippen molar-refractivity contribution >= 4 is 28.2 Å². The number of carbonyl (C=O) groups excluding carboxylic acids is 2. The summed E-state index contributed by atoms with van der Waals surface area (Å²) in [6, 6.07) is 3.41. The molecule has 0 bridgehead atoms.